The minimum atomic E-state index is -0.675. The molecule has 0 aliphatic rings. The van der Waals surface area contributed by atoms with E-state index in [4.69, 9.17) is 4.74 Å². The Balaban J connectivity index is 2.04. The predicted octanol–water partition coefficient (Wildman–Crippen LogP) is 4.36. The molecule has 2 rings (SSSR count). The Morgan fingerprint density at radius 1 is 1.05 bits per heavy atom. The Morgan fingerprint density at radius 2 is 1.68 bits per heavy atom. The third-order valence-electron chi connectivity index (χ3n) is 3.34. The van der Waals surface area contributed by atoms with Crippen LogP contribution in [0.3, 0.4) is 0 Å². The lowest BCUT2D eigenvalue weighted by molar-refractivity contribution is -0.122. The van der Waals surface area contributed by atoms with Crippen LogP contribution >= 0.6 is 0 Å². The van der Waals surface area contributed by atoms with Crippen LogP contribution in [-0.4, -0.2) is 12.0 Å². The molecule has 22 heavy (non-hydrogen) atoms. The van der Waals surface area contributed by atoms with Crippen LogP contribution in [0.5, 0.6) is 5.75 Å². The fourth-order valence-corrected chi connectivity index (χ4v) is 2.12. The molecule has 0 bridgehead atoms. The summed E-state index contributed by atoms with van der Waals surface area (Å²) in [7, 11) is 0. The third-order valence-corrected chi connectivity index (χ3v) is 3.34. The molecule has 0 aliphatic heterocycles. The highest BCUT2D eigenvalue weighted by Crippen LogP contribution is 2.24. The van der Waals surface area contributed by atoms with Gasteiger partial charge in [0, 0.05) is 5.69 Å². The Hall–Kier alpha value is -2.36. The number of benzene rings is 2. The largest absolute Gasteiger partial charge is 0.481 e. The maximum atomic E-state index is 12.9. The van der Waals surface area contributed by atoms with E-state index in [0.29, 0.717) is 11.7 Å². The Bertz CT molecular complexity index is 638. The fraction of sp³-hybridized carbons (Fsp3) is 0.278. The first-order chi connectivity index (χ1) is 10.5. The number of halogens is 1. The number of amides is 1. The van der Waals surface area contributed by atoms with Gasteiger partial charge in [0.05, 0.1) is 0 Å². The van der Waals surface area contributed by atoms with Gasteiger partial charge in [-0.2, -0.15) is 0 Å². The van der Waals surface area contributed by atoms with Crippen molar-refractivity contribution in [1.82, 2.24) is 0 Å². The van der Waals surface area contributed by atoms with Gasteiger partial charge in [0.2, 0.25) is 0 Å². The molecule has 0 unspecified atom stereocenters. The van der Waals surface area contributed by atoms with Crippen molar-refractivity contribution in [3.8, 4) is 5.75 Å². The number of rotatable bonds is 5. The number of nitrogens with one attached hydrogen (secondary N) is 1. The number of hydrogen-bond acceptors (Lipinski definition) is 2. The summed E-state index contributed by atoms with van der Waals surface area (Å²) in [6, 6.07) is 13.3. The number of carbonyl (C=O) groups excluding carboxylic acids is 1. The van der Waals surface area contributed by atoms with Crippen LogP contribution in [-0.2, 0) is 4.79 Å². The topological polar surface area (TPSA) is 38.3 Å². The zero-order valence-electron chi connectivity index (χ0n) is 13.0. The van der Waals surface area contributed by atoms with Crippen LogP contribution in [0.15, 0.2) is 48.5 Å². The molecular weight excluding hydrogens is 281 g/mol. The number of para-hydroxylation sites is 1. The molecule has 1 atom stereocenters. The van der Waals surface area contributed by atoms with Crippen LogP contribution in [0.4, 0.5) is 10.1 Å². The summed E-state index contributed by atoms with van der Waals surface area (Å²) in [5.41, 5.74) is 1.86. The van der Waals surface area contributed by atoms with E-state index in [2.05, 4.69) is 19.2 Å². The summed E-state index contributed by atoms with van der Waals surface area (Å²) in [5, 5.41) is 2.89. The van der Waals surface area contributed by atoms with Crippen molar-refractivity contribution in [2.45, 2.75) is 32.8 Å². The highest BCUT2D eigenvalue weighted by molar-refractivity contribution is 5.94. The summed E-state index contributed by atoms with van der Waals surface area (Å²) in [4.78, 5) is 12.2. The molecule has 1 N–H and O–H groups in total. The van der Waals surface area contributed by atoms with Gasteiger partial charge in [0.15, 0.2) is 6.10 Å². The van der Waals surface area contributed by atoms with E-state index in [1.165, 1.54) is 24.3 Å². The zero-order valence-corrected chi connectivity index (χ0v) is 13.0. The monoisotopic (exact) mass is 301 g/mol. The van der Waals surface area contributed by atoms with Crippen molar-refractivity contribution in [3.63, 3.8) is 0 Å². The highest BCUT2D eigenvalue weighted by Gasteiger charge is 2.17. The Morgan fingerprint density at radius 3 is 2.32 bits per heavy atom. The van der Waals surface area contributed by atoms with Crippen molar-refractivity contribution < 1.29 is 13.9 Å². The number of ether oxygens (including phenoxy) is 1. The van der Waals surface area contributed by atoms with Gasteiger partial charge < -0.3 is 10.1 Å². The second kappa shape index (κ2) is 7.07. The number of anilines is 1. The molecule has 0 radical (unpaired) electrons. The fourth-order valence-electron chi connectivity index (χ4n) is 2.12. The van der Waals surface area contributed by atoms with Gasteiger partial charge in [0.25, 0.3) is 5.91 Å². The lowest BCUT2D eigenvalue weighted by Crippen LogP contribution is -2.30. The highest BCUT2D eigenvalue weighted by atomic mass is 19.1. The summed E-state index contributed by atoms with van der Waals surface area (Å²) in [6.07, 6.45) is -0.675. The zero-order chi connectivity index (χ0) is 16.1. The molecule has 0 aromatic heterocycles. The van der Waals surface area contributed by atoms with E-state index in [1.54, 1.807) is 6.92 Å². The van der Waals surface area contributed by atoms with Crippen LogP contribution < -0.4 is 10.1 Å². The normalized spacial score (nSPS) is 12.0. The SMILES string of the molecule is CC(C)c1ccccc1NC(=O)[C@@H](C)Oc1ccc(F)cc1. The molecule has 0 saturated heterocycles. The van der Waals surface area contributed by atoms with Crippen molar-refractivity contribution in [2.75, 3.05) is 5.32 Å². The van der Waals surface area contributed by atoms with Gasteiger partial charge in [-0.25, -0.2) is 4.39 Å². The lowest BCUT2D eigenvalue weighted by Gasteiger charge is -2.17. The maximum absolute atomic E-state index is 12.9. The maximum Gasteiger partial charge on any atom is 0.265 e. The summed E-state index contributed by atoms with van der Waals surface area (Å²) in [5.74, 6) is 0.193. The lowest BCUT2D eigenvalue weighted by atomic mass is 10.0. The van der Waals surface area contributed by atoms with Crippen molar-refractivity contribution in [2.24, 2.45) is 0 Å². The summed E-state index contributed by atoms with van der Waals surface area (Å²) < 4.78 is 18.4. The average Bonchev–Trinajstić information content (AvgIpc) is 2.49. The molecule has 3 nitrogen and oxygen atoms in total. The summed E-state index contributed by atoms with van der Waals surface area (Å²) in [6.45, 7) is 5.81. The van der Waals surface area contributed by atoms with E-state index in [0.717, 1.165) is 11.3 Å². The van der Waals surface area contributed by atoms with E-state index in [9.17, 15) is 9.18 Å². The molecule has 116 valence electrons. The first-order valence-electron chi connectivity index (χ1n) is 7.29. The van der Waals surface area contributed by atoms with Crippen LogP contribution in [0.25, 0.3) is 0 Å². The molecule has 0 saturated carbocycles. The summed E-state index contributed by atoms with van der Waals surface area (Å²) >= 11 is 0. The molecule has 0 heterocycles. The van der Waals surface area contributed by atoms with E-state index in [1.807, 2.05) is 24.3 Å². The van der Waals surface area contributed by atoms with Gasteiger partial charge in [-0.05, 0) is 48.7 Å². The van der Waals surface area contributed by atoms with Crippen LogP contribution in [0, 0.1) is 5.82 Å². The van der Waals surface area contributed by atoms with E-state index < -0.39 is 6.10 Å². The molecular formula is C18H20FNO2. The molecule has 0 fully saturated rings. The average molecular weight is 301 g/mol. The molecule has 2 aromatic carbocycles. The van der Waals surface area contributed by atoms with Crippen molar-refractivity contribution in [3.05, 3.63) is 59.9 Å². The Labute approximate surface area is 130 Å². The van der Waals surface area contributed by atoms with Gasteiger partial charge >= 0.3 is 0 Å². The molecule has 0 spiro atoms. The molecule has 1 amide bonds. The molecule has 2 aromatic rings. The second-order valence-corrected chi connectivity index (χ2v) is 5.45. The molecule has 0 aliphatic carbocycles. The predicted molar refractivity (Wildman–Crippen MR) is 85.7 cm³/mol. The minimum Gasteiger partial charge on any atom is -0.481 e. The third kappa shape index (κ3) is 4.07. The number of hydrogen-bond donors (Lipinski definition) is 1. The van der Waals surface area contributed by atoms with Gasteiger partial charge in [-0.3, -0.25) is 4.79 Å². The van der Waals surface area contributed by atoms with Gasteiger partial charge in [-0.15, -0.1) is 0 Å². The first-order valence-corrected chi connectivity index (χ1v) is 7.29. The van der Waals surface area contributed by atoms with Crippen molar-refractivity contribution >= 4 is 11.6 Å². The smallest absolute Gasteiger partial charge is 0.265 e. The number of carbonyl (C=O) groups is 1. The Kier molecular flexibility index (Phi) is 5.15. The standard InChI is InChI=1S/C18H20FNO2/c1-12(2)16-6-4-5-7-17(16)20-18(21)13(3)22-15-10-8-14(19)9-11-15/h4-13H,1-3H3,(H,20,21)/t13-/m1/s1. The van der Waals surface area contributed by atoms with E-state index >= 15 is 0 Å². The first kappa shape index (κ1) is 16.0. The minimum absolute atomic E-state index is 0.238. The van der Waals surface area contributed by atoms with Crippen LogP contribution in [0.2, 0.25) is 0 Å². The van der Waals surface area contributed by atoms with Gasteiger partial charge in [-0.1, -0.05) is 32.0 Å². The van der Waals surface area contributed by atoms with Crippen LogP contribution in [0.1, 0.15) is 32.3 Å². The quantitative estimate of drug-likeness (QED) is 0.891. The van der Waals surface area contributed by atoms with Crippen molar-refractivity contribution in [1.29, 1.82) is 0 Å². The van der Waals surface area contributed by atoms with E-state index in [-0.39, 0.29) is 11.7 Å². The molecule has 4 heteroatoms. The second-order valence-electron chi connectivity index (χ2n) is 5.45. The van der Waals surface area contributed by atoms with Gasteiger partial charge in [0.1, 0.15) is 11.6 Å².